The largest absolute Gasteiger partial charge is 0.508 e. The first kappa shape index (κ1) is 28.5. The summed E-state index contributed by atoms with van der Waals surface area (Å²) in [4.78, 5) is 40.7. The van der Waals surface area contributed by atoms with E-state index < -0.39 is 58.0 Å². The van der Waals surface area contributed by atoms with Crippen LogP contribution in [0.5, 0.6) is 5.75 Å². The number of phenols is 1. The number of carbonyl (C=O) groups is 3. The van der Waals surface area contributed by atoms with E-state index in [2.05, 4.69) is 5.32 Å². The number of ketones is 2. The molecule has 5 atom stereocenters. The smallest absolute Gasteiger partial charge is 0.255 e. The number of nitrogens with one attached hydrogen (secondary N) is 1. The highest BCUT2D eigenvalue weighted by atomic mass is 19.1. The molecule has 0 bridgehead atoms. The van der Waals surface area contributed by atoms with Crippen molar-refractivity contribution in [1.82, 2.24) is 10.2 Å². The molecule has 0 radical (unpaired) electrons. The zero-order valence-corrected chi connectivity index (χ0v) is 22.8. The van der Waals surface area contributed by atoms with Crippen LogP contribution in [-0.2, 0) is 27.3 Å². The van der Waals surface area contributed by atoms with Crippen LogP contribution >= 0.6 is 0 Å². The third-order valence-corrected chi connectivity index (χ3v) is 8.67. The van der Waals surface area contributed by atoms with Crippen LogP contribution in [0.4, 0.5) is 4.39 Å². The molecule has 10 nitrogen and oxygen atoms in total. The molecule has 11 heteroatoms. The van der Waals surface area contributed by atoms with Crippen LogP contribution in [0.2, 0.25) is 0 Å². The number of nitrogens with zero attached hydrogens (tertiary/aromatic N) is 1. The van der Waals surface area contributed by atoms with Crippen molar-refractivity contribution >= 4 is 23.2 Å². The maximum atomic E-state index is 13.9. The zero-order valence-electron chi connectivity index (χ0n) is 22.8. The fourth-order valence-corrected chi connectivity index (χ4v) is 6.61. The summed E-state index contributed by atoms with van der Waals surface area (Å²) in [5, 5.41) is 48.1. The molecule has 5 rings (SSSR count). The van der Waals surface area contributed by atoms with Crippen LogP contribution in [0.1, 0.15) is 41.6 Å². The predicted octanol–water partition coefficient (Wildman–Crippen LogP) is 1.95. The monoisotopic (exact) mass is 565 g/mol. The number of benzene rings is 2. The topological polar surface area (TPSA) is 173 Å². The molecule has 0 aromatic heterocycles. The summed E-state index contributed by atoms with van der Waals surface area (Å²) in [6.07, 6.45) is 0.213. The number of phenolic OH excluding ortho intramolecular Hbond substituents is 1. The molecule has 1 saturated carbocycles. The van der Waals surface area contributed by atoms with Crippen molar-refractivity contribution in [2.75, 3.05) is 14.1 Å². The standard InChI is InChI=1S/C30H32FN3O7/c1-13(14-4-7-17(31)8-5-14)33-12-15-6-9-20(35)22-18(15)10-16-11-19-24(34(2)3)26(37)23(29(32)40)28(39)30(19,41)27(38)21(16)25(22)36/h4-9,13,16,19,24,33,35-36,39,41H,10-12H2,1-3H3,(H2,32,40)/t13?,16-,19-,24-,30-/m0/s1. The van der Waals surface area contributed by atoms with Gasteiger partial charge in [-0.25, -0.2) is 4.39 Å². The van der Waals surface area contributed by atoms with E-state index in [-0.39, 0.29) is 41.6 Å². The lowest BCUT2D eigenvalue weighted by Crippen LogP contribution is -2.65. The predicted molar refractivity (Wildman–Crippen MR) is 146 cm³/mol. The number of hydrogen-bond donors (Lipinski definition) is 6. The second-order valence-electron chi connectivity index (χ2n) is 11.2. The molecule has 216 valence electrons. The van der Waals surface area contributed by atoms with E-state index in [0.717, 1.165) is 11.1 Å². The molecule has 1 amide bonds. The number of aromatic hydroxyl groups is 1. The number of aliphatic hydroxyl groups is 3. The molecule has 1 fully saturated rings. The Kier molecular flexibility index (Phi) is 7.01. The fraction of sp³-hybridized carbons (Fsp3) is 0.367. The summed E-state index contributed by atoms with van der Waals surface area (Å²) in [6.45, 7) is 2.24. The number of amides is 1. The van der Waals surface area contributed by atoms with E-state index in [1.807, 2.05) is 6.92 Å². The average Bonchev–Trinajstić information content (AvgIpc) is 2.90. The lowest BCUT2D eigenvalue weighted by molar-refractivity contribution is -0.153. The molecule has 0 spiro atoms. The Morgan fingerprint density at radius 1 is 1.15 bits per heavy atom. The first-order valence-corrected chi connectivity index (χ1v) is 13.3. The Balaban J connectivity index is 1.57. The minimum Gasteiger partial charge on any atom is -0.508 e. The van der Waals surface area contributed by atoms with Gasteiger partial charge in [-0.15, -0.1) is 0 Å². The van der Waals surface area contributed by atoms with Gasteiger partial charge in [-0.05, 0) is 74.7 Å². The summed E-state index contributed by atoms with van der Waals surface area (Å²) < 4.78 is 13.4. The van der Waals surface area contributed by atoms with Gasteiger partial charge in [-0.3, -0.25) is 19.3 Å². The number of hydrogen-bond acceptors (Lipinski definition) is 9. The quantitative estimate of drug-likeness (QED) is 0.286. The van der Waals surface area contributed by atoms with Gasteiger partial charge in [0.1, 0.15) is 28.7 Å². The number of carbonyl (C=O) groups excluding carboxylic acids is 3. The number of halogens is 1. The number of rotatable bonds is 6. The van der Waals surface area contributed by atoms with Gasteiger partial charge < -0.3 is 31.5 Å². The minimum atomic E-state index is -2.68. The highest BCUT2D eigenvalue weighted by Crippen LogP contribution is 2.52. The van der Waals surface area contributed by atoms with Gasteiger partial charge in [-0.2, -0.15) is 0 Å². The number of aliphatic hydroxyl groups excluding tert-OH is 2. The zero-order chi connectivity index (χ0) is 30.0. The number of nitrogens with two attached hydrogens (primary N) is 1. The van der Waals surface area contributed by atoms with Crippen molar-refractivity contribution in [2.24, 2.45) is 17.6 Å². The molecule has 3 aliphatic rings. The highest BCUT2D eigenvalue weighted by Gasteiger charge is 2.64. The van der Waals surface area contributed by atoms with Crippen LogP contribution in [0, 0.1) is 17.7 Å². The fourth-order valence-electron chi connectivity index (χ4n) is 6.61. The van der Waals surface area contributed by atoms with Crippen LogP contribution in [0.25, 0.3) is 5.76 Å². The van der Waals surface area contributed by atoms with Crippen molar-refractivity contribution in [3.63, 3.8) is 0 Å². The maximum absolute atomic E-state index is 13.9. The first-order valence-electron chi connectivity index (χ1n) is 13.3. The molecule has 0 heterocycles. The van der Waals surface area contributed by atoms with E-state index in [1.54, 1.807) is 32.3 Å². The summed E-state index contributed by atoms with van der Waals surface area (Å²) in [5.41, 5.74) is 3.87. The van der Waals surface area contributed by atoms with E-state index in [4.69, 9.17) is 5.73 Å². The van der Waals surface area contributed by atoms with Gasteiger partial charge >= 0.3 is 0 Å². The maximum Gasteiger partial charge on any atom is 0.255 e. The highest BCUT2D eigenvalue weighted by molar-refractivity contribution is 6.24. The van der Waals surface area contributed by atoms with E-state index in [1.165, 1.54) is 23.1 Å². The average molecular weight is 566 g/mol. The molecular formula is C30H32FN3O7. The van der Waals surface area contributed by atoms with Gasteiger partial charge in [0.2, 0.25) is 5.78 Å². The van der Waals surface area contributed by atoms with Gasteiger partial charge in [0, 0.05) is 24.1 Å². The molecule has 0 aliphatic heterocycles. The lowest BCUT2D eigenvalue weighted by atomic mass is 9.57. The Labute approximate surface area is 235 Å². The second-order valence-corrected chi connectivity index (χ2v) is 11.2. The lowest BCUT2D eigenvalue weighted by Gasteiger charge is -2.50. The summed E-state index contributed by atoms with van der Waals surface area (Å²) in [7, 11) is 3.11. The summed E-state index contributed by atoms with van der Waals surface area (Å²) >= 11 is 0. The van der Waals surface area contributed by atoms with Crippen molar-refractivity contribution in [1.29, 1.82) is 0 Å². The summed E-state index contributed by atoms with van der Waals surface area (Å²) in [5.74, 6) is -7.20. The van der Waals surface area contributed by atoms with Crippen LogP contribution < -0.4 is 11.1 Å². The SMILES string of the molecule is CC(NCc1ccc(O)c2c1C[C@H]1C[C@H]3[C@H](N(C)C)C(=O)C(C(N)=O)=C(O)[C@@]3(O)C(=O)C1=C2O)c1ccc(F)cc1. The van der Waals surface area contributed by atoms with E-state index in [0.29, 0.717) is 12.1 Å². The van der Waals surface area contributed by atoms with Crippen LogP contribution in [-0.4, -0.2) is 68.5 Å². The molecule has 41 heavy (non-hydrogen) atoms. The molecule has 7 N–H and O–H groups in total. The van der Waals surface area contributed by atoms with Gasteiger partial charge in [-0.1, -0.05) is 18.2 Å². The second kappa shape index (κ2) is 10.1. The van der Waals surface area contributed by atoms with Gasteiger partial charge in [0.05, 0.1) is 11.6 Å². The van der Waals surface area contributed by atoms with Crippen molar-refractivity contribution < 1.29 is 39.2 Å². The Hall–Kier alpha value is -4.06. The first-order chi connectivity index (χ1) is 19.3. The van der Waals surface area contributed by atoms with Crippen LogP contribution in [0.3, 0.4) is 0 Å². The minimum absolute atomic E-state index is 0.0142. The Bertz CT molecular complexity index is 1530. The number of fused-ring (bicyclic) bond motifs is 3. The van der Waals surface area contributed by atoms with Crippen molar-refractivity contribution in [3.05, 3.63) is 81.4 Å². The number of likely N-dealkylation sites (N-methyl/N-ethyl adjacent to an activating group) is 1. The van der Waals surface area contributed by atoms with E-state index in [9.17, 15) is 39.2 Å². The van der Waals surface area contributed by atoms with Crippen molar-refractivity contribution in [2.45, 2.75) is 44.0 Å². The number of Topliss-reactive ketones (excluding diaryl/α,β-unsaturated/α-hetero) is 2. The molecule has 3 aliphatic carbocycles. The molecular weight excluding hydrogens is 533 g/mol. The Morgan fingerprint density at radius 3 is 2.41 bits per heavy atom. The molecule has 1 unspecified atom stereocenters. The van der Waals surface area contributed by atoms with Crippen LogP contribution in [0.15, 0.2) is 53.3 Å². The Morgan fingerprint density at radius 2 is 1.80 bits per heavy atom. The van der Waals surface area contributed by atoms with Gasteiger partial charge in [0.15, 0.2) is 11.4 Å². The van der Waals surface area contributed by atoms with Gasteiger partial charge in [0.25, 0.3) is 5.91 Å². The molecule has 2 aromatic carbocycles. The summed E-state index contributed by atoms with van der Waals surface area (Å²) in [6, 6.07) is 7.90. The van der Waals surface area contributed by atoms with E-state index >= 15 is 0 Å². The third kappa shape index (κ3) is 4.32. The number of primary amides is 1. The normalized spacial score (nSPS) is 26.5. The van der Waals surface area contributed by atoms with Crippen molar-refractivity contribution in [3.8, 4) is 5.75 Å². The molecule has 0 saturated heterocycles. The third-order valence-electron chi connectivity index (χ3n) is 8.67. The molecule has 2 aromatic rings.